The van der Waals surface area contributed by atoms with Crippen LogP contribution in [0.25, 0.3) is 5.69 Å². The lowest BCUT2D eigenvalue weighted by molar-refractivity contribution is -0.126. The first-order valence-electron chi connectivity index (χ1n) is 12.0. The predicted molar refractivity (Wildman–Crippen MR) is 131 cm³/mol. The molecular formula is C27H29N5O3. The highest BCUT2D eigenvalue weighted by molar-refractivity contribution is 6.07. The van der Waals surface area contributed by atoms with Crippen molar-refractivity contribution in [2.24, 2.45) is 5.92 Å². The molecule has 0 saturated carbocycles. The SMILES string of the molecule is Cc1cc(C)n(-c2ccc(C(=O)N3CCC(C4(Cc5ccccc5)NC(=O)NC4=O)CC3)cc2)n1. The number of imide groups is 1. The lowest BCUT2D eigenvalue weighted by Crippen LogP contribution is -2.57. The van der Waals surface area contributed by atoms with Crippen molar-refractivity contribution in [2.75, 3.05) is 13.1 Å². The van der Waals surface area contributed by atoms with E-state index in [1.54, 1.807) is 0 Å². The van der Waals surface area contributed by atoms with Gasteiger partial charge in [-0.05, 0) is 68.5 Å². The van der Waals surface area contributed by atoms with Crippen LogP contribution in [0, 0.1) is 19.8 Å². The molecule has 8 nitrogen and oxygen atoms in total. The highest BCUT2D eigenvalue weighted by Crippen LogP contribution is 2.34. The van der Waals surface area contributed by atoms with Gasteiger partial charge >= 0.3 is 6.03 Å². The Hall–Kier alpha value is -3.94. The van der Waals surface area contributed by atoms with Gasteiger partial charge < -0.3 is 10.2 Å². The molecule has 0 aliphatic carbocycles. The van der Waals surface area contributed by atoms with Gasteiger partial charge in [0.05, 0.1) is 11.4 Å². The number of carbonyl (C=O) groups is 3. The number of piperidine rings is 1. The minimum Gasteiger partial charge on any atom is -0.339 e. The van der Waals surface area contributed by atoms with E-state index in [9.17, 15) is 14.4 Å². The fraction of sp³-hybridized carbons (Fsp3) is 0.333. The average Bonchev–Trinajstić information content (AvgIpc) is 3.36. The first-order valence-corrected chi connectivity index (χ1v) is 12.0. The summed E-state index contributed by atoms with van der Waals surface area (Å²) in [6, 6.07) is 18.8. The molecule has 180 valence electrons. The topological polar surface area (TPSA) is 96.3 Å². The first-order chi connectivity index (χ1) is 16.9. The van der Waals surface area contributed by atoms with Crippen LogP contribution >= 0.6 is 0 Å². The Morgan fingerprint density at radius 1 is 1.03 bits per heavy atom. The van der Waals surface area contributed by atoms with E-state index < -0.39 is 11.6 Å². The van der Waals surface area contributed by atoms with Crippen LogP contribution in [0.1, 0.15) is 40.2 Å². The van der Waals surface area contributed by atoms with Gasteiger partial charge in [-0.3, -0.25) is 14.9 Å². The number of nitrogens with zero attached hydrogens (tertiary/aromatic N) is 3. The van der Waals surface area contributed by atoms with Crippen molar-refractivity contribution in [3.8, 4) is 5.69 Å². The Labute approximate surface area is 204 Å². The third-order valence-electron chi connectivity index (χ3n) is 7.14. The van der Waals surface area contributed by atoms with Crippen molar-refractivity contribution < 1.29 is 14.4 Å². The number of hydrogen-bond donors (Lipinski definition) is 2. The molecule has 2 aliphatic heterocycles. The van der Waals surface area contributed by atoms with Gasteiger partial charge in [0.1, 0.15) is 5.54 Å². The minimum atomic E-state index is -0.991. The van der Waals surface area contributed by atoms with Crippen LogP contribution in [0.2, 0.25) is 0 Å². The molecule has 5 rings (SSSR count). The van der Waals surface area contributed by atoms with Crippen LogP contribution in [0.4, 0.5) is 4.79 Å². The largest absolute Gasteiger partial charge is 0.339 e. The standard InChI is InChI=1S/C27H29N5O3/c1-18-16-19(2)32(30-18)23-10-8-21(9-11-23)24(33)31-14-12-22(13-15-31)27(25(34)28-26(35)29-27)17-20-6-4-3-5-7-20/h3-11,16,22H,12-15,17H2,1-2H3,(H2,28,29,34,35). The van der Waals surface area contributed by atoms with E-state index in [-0.39, 0.29) is 17.7 Å². The lowest BCUT2D eigenvalue weighted by Gasteiger charge is -2.40. The molecule has 3 aromatic rings. The van der Waals surface area contributed by atoms with Crippen molar-refractivity contribution in [3.63, 3.8) is 0 Å². The second-order valence-corrected chi connectivity index (χ2v) is 9.49. The zero-order valence-electron chi connectivity index (χ0n) is 20.0. The highest BCUT2D eigenvalue weighted by Gasteiger charge is 2.52. The molecule has 1 atom stereocenters. The predicted octanol–water partition coefficient (Wildman–Crippen LogP) is 3.16. The molecule has 2 saturated heterocycles. The average molecular weight is 472 g/mol. The van der Waals surface area contributed by atoms with E-state index in [1.165, 1.54) is 0 Å². The first kappa shape index (κ1) is 22.8. The maximum Gasteiger partial charge on any atom is 0.322 e. The maximum atomic E-state index is 13.2. The molecule has 1 unspecified atom stereocenters. The van der Waals surface area contributed by atoms with Crippen molar-refractivity contribution in [2.45, 2.75) is 38.6 Å². The fourth-order valence-corrected chi connectivity index (χ4v) is 5.37. The van der Waals surface area contributed by atoms with Gasteiger partial charge in [-0.15, -0.1) is 0 Å². The number of rotatable bonds is 5. The molecule has 2 fully saturated rings. The summed E-state index contributed by atoms with van der Waals surface area (Å²) in [5.41, 5.74) is 3.52. The number of benzene rings is 2. The number of aromatic nitrogens is 2. The van der Waals surface area contributed by atoms with Crippen molar-refractivity contribution in [1.82, 2.24) is 25.3 Å². The molecule has 2 aromatic carbocycles. The summed E-state index contributed by atoms with van der Waals surface area (Å²) < 4.78 is 1.86. The van der Waals surface area contributed by atoms with Gasteiger partial charge in [0.2, 0.25) is 0 Å². The number of carbonyl (C=O) groups excluding carboxylic acids is 3. The molecule has 0 bridgehead atoms. The number of nitrogens with one attached hydrogen (secondary N) is 2. The molecule has 0 radical (unpaired) electrons. The van der Waals surface area contributed by atoms with Crippen LogP contribution < -0.4 is 10.6 Å². The molecule has 3 heterocycles. The minimum absolute atomic E-state index is 0.0274. The van der Waals surface area contributed by atoms with Crippen LogP contribution in [0.3, 0.4) is 0 Å². The molecular weight excluding hydrogens is 442 g/mol. The summed E-state index contributed by atoms with van der Waals surface area (Å²) in [5, 5.41) is 9.86. The third-order valence-corrected chi connectivity index (χ3v) is 7.14. The molecule has 2 N–H and O–H groups in total. The monoisotopic (exact) mass is 471 g/mol. The quantitative estimate of drug-likeness (QED) is 0.559. The maximum absolute atomic E-state index is 13.2. The summed E-state index contributed by atoms with van der Waals surface area (Å²) in [7, 11) is 0. The van der Waals surface area contributed by atoms with E-state index in [0.29, 0.717) is 37.9 Å². The molecule has 8 heteroatoms. The second-order valence-electron chi connectivity index (χ2n) is 9.49. The van der Waals surface area contributed by atoms with Crippen molar-refractivity contribution >= 4 is 17.8 Å². The fourth-order valence-electron chi connectivity index (χ4n) is 5.37. The van der Waals surface area contributed by atoms with Crippen LogP contribution in [0.5, 0.6) is 0 Å². The molecule has 4 amide bonds. The van der Waals surface area contributed by atoms with Gasteiger partial charge in [0.15, 0.2) is 0 Å². The summed E-state index contributed by atoms with van der Waals surface area (Å²) in [6.07, 6.45) is 1.70. The normalized spacial score (nSPS) is 20.6. The Morgan fingerprint density at radius 2 is 1.71 bits per heavy atom. The smallest absolute Gasteiger partial charge is 0.322 e. The summed E-state index contributed by atoms with van der Waals surface area (Å²) in [5.74, 6) is -0.372. The van der Waals surface area contributed by atoms with Gasteiger partial charge in [-0.25, -0.2) is 9.48 Å². The zero-order valence-corrected chi connectivity index (χ0v) is 20.0. The van der Waals surface area contributed by atoms with Crippen molar-refractivity contribution in [3.05, 3.63) is 83.2 Å². The van der Waals surface area contributed by atoms with E-state index in [0.717, 1.165) is 22.6 Å². The van der Waals surface area contributed by atoms with E-state index >= 15 is 0 Å². The van der Waals surface area contributed by atoms with Gasteiger partial charge in [-0.2, -0.15) is 5.10 Å². The number of urea groups is 1. The number of aryl methyl sites for hydroxylation is 2. The molecule has 1 aromatic heterocycles. The van der Waals surface area contributed by atoms with Crippen LogP contribution in [-0.4, -0.2) is 51.2 Å². The zero-order chi connectivity index (χ0) is 24.6. The van der Waals surface area contributed by atoms with Gasteiger partial charge in [0, 0.05) is 30.8 Å². The summed E-state index contributed by atoms with van der Waals surface area (Å²) in [6.45, 7) is 5.02. The van der Waals surface area contributed by atoms with E-state index in [1.807, 2.05) is 84.1 Å². The molecule has 2 aliphatic rings. The Morgan fingerprint density at radius 3 is 2.29 bits per heavy atom. The Balaban J connectivity index is 1.28. The number of likely N-dealkylation sites (tertiary alicyclic amines) is 1. The van der Waals surface area contributed by atoms with Crippen LogP contribution in [0.15, 0.2) is 60.7 Å². The number of hydrogen-bond acceptors (Lipinski definition) is 4. The van der Waals surface area contributed by atoms with Crippen molar-refractivity contribution in [1.29, 1.82) is 0 Å². The Kier molecular flexibility index (Phi) is 5.88. The van der Waals surface area contributed by atoms with E-state index in [2.05, 4.69) is 15.7 Å². The van der Waals surface area contributed by atoms with E-state index in [4.69, 9.17) is 0 Å². The lowest BCUT2D eigenvalue weighted by atomic mass is 9.74. The third kappa shape index (κ3) is 4.32. The molecule has 0 spiro atoms. The second kappa shape index (κ2) is 9.02. The highest BCUT2D eigenvalue weighted by atomic mass is 16.2. The number of amides is 4. The van der Waals surface area contributed by atoms with Gasteiger partial charge in [-0.1, -0.05) is 30.3 Å². The van der Waals surface area contributed by atoms with Crippen LogP contribution in [-0.2, 0) is 11.2 Å². The Bertz CT molecular complexity index is 1260. The molecule has 35 heavy (non-hydrogen) atoms. The summed E-state index contributed by atoms with van der Waals surface area (Å²) in [4.78, 5) is 40.1. The summed E-state index contributed by atoms with van der Waals surface area (Å²) >= 11 is 0. The van der Waals surface area contributed by atoms with Gasteiger partial charge in [0.25, 0.3) is 11.8 Å².